The van der Waals surface area contributed by atoms with Crippen molar-refractivity contribution >= 4 is 29.1 Å². The first-order chi connectivity index (χ1) is 33.8. The number of benzene rings is 1. The van der Waals surface area contributed by atoms with Crippen LogP contribution in [0.3, 0.4) is 0 Å². The second kappa shape index (κ2) is 27.3. The lowest BCUT2D eigenvalue weighted by Crippen LogP contribution is -2.60. The molecule has 3 fully saturated rings. The normalized spacial score (nSPS) is 37.9. The summed E-state index contributed by atoms with van der Waals surface area (Å²) in [5.41, 5.74) is 10.3. The maximum Gasteiger partial charge on any atom is 0.329 e. The number of fused-ring (bicyclic) bond motifs is 3. The van der Waals surface area contributed by atoms with Crippen molar-refractivity contribution in [2.75, 3.05) is 32.6 Å². The van der Waals surface area contributed by atoms with Crippen molar-refractivity contribution in [2.45, 2.75) is 186 Å². The summed E-state index contributed by atoms with van der Waals surface area (Å²) in [5.74, 6) is -6.36. The number of esters is 1. The van der Waals surface area contributed by atoms with Crippen LogP contribution < -0.4 is 11.1 Å². The molecule has 1 amide bonds. The molecule has 396 valence electrons. The molecule has 6 N–H and O–H groups in total. The molecule has 71 heavy (non-hydrogen) atoms. The number of nitrogens with two attached hydrogens (primary N) is 1. The molecule has 1 aliphatic carbocycles. The standard InChI is InChI=1S/C57H87N3O11/c1-35-18-23-45(24-19-35)59-34-43-33-46-25-20-41(7)57(67,71-46)54(64)55(65)60-28-14-13-17-47(60)56(66)70-49(38(4)30-42-21-26-48(61)50(32-42)68-8)27-22-44(58)31-40(6)52(63)53(69-9)51(62)39(5)29-36(2)15-11-10-12-16-37(43)3/h10-12,15-16,18-19,23-24,31,36,38-39,41-44,46-50,52-53,59,61,63,67H,13-14,17,20-22,25-30,32-34,58H2,1-9H3/b12-10+,15-11+,37-16+,40-31+/t36-,38-,39?,41?,42?,43+,44+,46+,47?,48-,49+,50?,52?,53+,57?/m1/s1. The van der Waals surface area contributed by atoms with Gasteiger partial charge in [0.2, 0.25) is 5.79 Å². The number of Topliss-reactive ketones (excluding diaryl/α,β-unsaturated/α-hetero) is 2. The molecule has 7 unspecified atom stereocenters. The molecule has 14 nitrogen and oxygen atoms in total. The van der Waals surface area contributed by atoms with Gasteiger partial charge in [0.15, 0.2) is 5.78 Å². The third-order valence-electron chi connectivity index (χ3n) is 15.8. The van der Waals surface area contributed by atoms with Crippen molar-refractivity contribution in [3.8, 4) is 0 Å². The van der Waals surface area contributed by atoms with Crippen LogP contribution in [0.4, 0.5) is 5.69 Å². The lowest BCUT2D eigenvalue weighted by atomic mass is 9.78. The quantitative estimate of drug-likeness (QED) is 0.0963. The molecule has 0 aromatic heterocycles. The number of carbonyl (C=O) groups is 4. The number of aryl methyl sites for hydroxylation is 1. The van der Waals surface area contributed by atoms with E-state index in [1.807, 2.05) is 89.3 Å². The lowest BCUT2D eigenvalue weighted by molar-refractivity contribution is -0.264. The van der Waals surface area contributed by atoms with Gasteiger partial charge in [0.05, 0.1) is 18.3 Å². The van der Waals surface area contributed by atoms with Gasteiger partial charge < -0.3 is 50.2 Å². The highest BCUT2D eigenvalue weighted by Crippen LogP contribution is 2.38. The topological polar surface area (TPSA) is 207 Å². The Morgan fingerprint density at radius 1 is 0.859 bits per heavy atom. The number of methoxy groups -OCH3 is 2. The number of aliphatic hydroxyl groups is 3. The van der Waals surface area contributed by atoms with E-state index in [1.54, 1.807) is 27.0 Å². The fourth-order valence-electron chi connectivity index (χ4n) is 11.1. The van der Waals surface area contributed by atoms with Crippen LogP contribution in [-0.2, 0) is 38.1 Å². The first kappa shape index (κ1) is 57.9. The maximum absolute atomic E-state index is 14.5. The van der Waals surface area contributed by atoms with Crippen LogP contribution in [-0.4, -0.2) is 125 Å². The van der Waals surface area contributed by atoms with E-state index in [0.29, 0.717) is 82.7 Å². The summed E-state index contributed by atoms with van der Waals surface area (Å²) in [6.07, 6.45) is 14.3. The smallest absolute Gasteiger partial charge is 0.329 e. The van der Waals surface area contributed by atoms with Gasteiger partial charge in [-0.25, -0.2) is 4.79 Å². The summed E-state index contributed by atoms with van der Waals surface area (Å²) in [7, 11) is 3.02. The van der Waals surface area contributed by atoms with E-state index in [4.69, 9.17) is 24.7 Å². The van der Waals surface area contributed by atoms with Gasteiger partial charge in [-0.3, -0.25) is 14.4 Å². The Balaban J connectivity index is 1.47. The predicted octanol–water partition coefficient (Wildman–Crippen LogP) is 7.71. The van der Waals surface area contributed by atoms with Crippen molar-refractivity contribution in [3.05, 3.63) is 77.4 Å². The molecule has 0 radical (unpaired) electrons. The number of nitrogens with one attached hydrogen (secondary N) is 1. The number of aliphatic hydroxyl groups excluding tert-OH is 2. The molecule has 2 bridgehead atoms. The number of piperidine rings is 1. The summed E-state index contributed by atoms with van der Waals surface area (Å²) in [6, 6.07) is 6.51. The predicted molar refractivity (Wildman–Crippen MR) is 276 cm³/mol. The Bertz CT molecular complexity index is 2040. The molecule has 4 aliphatic rings. The van der Waals surface area contributed by atoms with Gasteiger partial charge in [-0.1, -0.05) is 87.4 Å². The summed E-state index contributed by atoms with van der Waals surface area (Å²) in [5, 5.41) is 37.8. The average molecular weight is 990 g/mol. The zero-order valence-corrected chi connectivity index (χ0v) is 44.1. The van der Waals surface area contributed by atoms with Crippen LogP contribution in [0, 0.1) is 42.4 Å². The van der Waals surface area contributed by atoms with Gasteiger partial charge in [0, 0.05) is 50.9 Å². The van der Waals surface area contributed by atoms with Crippen molar-refractivity contribution in [1.29, 1.82) is 0 Å². The molecule has 1 aromatic carbocycles. The molecular formula is C57H87N3O11. The molecule has 3 heterocycles. The van der Waals surface area contributed by atoms with E-state index in [1.165, 1.54) is 12.0 Å². The van der Waals surface area contributed by atoms with Crippen molar-refractivity contribution < 1.29 is 53.4 Å². The number of rotatable bonds is 8. The van der Waals surface area contributed by atoms with E-state index < -0.39 is 77.9 Å². The minimum Gasteiger partial charge on any atom is -0.461 e. The van der Waals surface area contributed by atoms with E-state index in [0.717, 1.165) is 23.2 Å². The lowest BCUT2D eigenvalue weighted by Gasteiger charge is -2.43. The largest absolute Gasteiger partial charge is 0.461 e. The van der Waals surface area contributed by atoms with E-state index in [9.17, 15) is 34.5 Å². The molecule has 3 aliphatic heterocycles. The third kappa shape index (κ3) is 16.0. The molecule has 0 spiro atoms. The van der Waals surface area contributed by atoms with Crippen molar-refractivity contribution in [2.24, 2.45) is 41.2 Å². The highest BCUT2D eigenvalue weighted by atomic mass is 16.6. The monoisotopic (exact) mass is 990 g/mol. The molecule has 2 saturated heterocycles. The molecule has 5 rings (SSSR count). The number of allylic oxidation sites excluding steroid dienone is 5. The highest BCUT2D eigenvalue weighted by molar-refractivity contribution is 6.39. The van der Waals surface area contributed by atoms with Crippen LogP contribution in [0.2, 0.25) is 0 Å². The van der Waals surface area contributed by atoms with Crippen LogP contribution in [0.25, 0.3) is 0 Å². The number of anilines is 1. The third-order valence-corrected chi connectivity index (χ3v) is 15.8. The van der Waals surface area contributed by atoms with E-state index >= 15 is 0 Å². The molecule has 14 heteroatoms. The minimum absolute atomic E-state index is 0.0429. The first-order valence-corrected chi connectivity index (χ1v) is 26.4. The van der Waals surface area contributed by atoms with Crippen molar-refractivity contribution in [1.82, 2.24) is 4.90 Å². The van der Waals surface area contributed by atoms with E-state index in [2.05, 4.69) is 5.32 Å². The number of hydrogen-bond donors (Lipinski definition) is 5. The number of nitrogens with zero attached hydrogens (tertiary/aromatic N) is 1. The Kier molecular flexibility index (Phi) is 22.3. The number of ketones is 2. The maximum atomic E-state index is 14.5. The zero-order valence-electron chi connectivity index (χ0n) is 44.1. The number of amides is 1. The fraction of sp³-hybridized carbons (Fsp3) is 0.684. The SMILES string of the molecule is COC1CC(C[C@@H](C)[C@@H]2CC[C@H](N)/C=C(\C)C(O)[C@@H](OC)C(=O)C(C)C[C@H](C)/C=C/C=C/C=C(\C)[C@H](CNc3ccc(C)cc3)C[C@@H]3CCC(C)C(O)(O3)C(=O)C(=O)N3CCCCC3C(=O)O2)CC[C@H]1O. The number of ether oxygens (including phenoxy) is 4. The Morgan fingerprint density at radius 3 is 2.30 bits per heavy atom. The first-order valence-electron chi connectivity index (χ1n) is 26.4. The van der Waals surface area contributed by atoms with Gasteiger partial charge in [-0.05, 0) is 146 Å². The summed E-state index contributed by atoms with van der Waals surface area (Å²) < 4.78 is 24.0. The summed E-state index contributed by atoms with van der Waals surface area (Å²) in [6.45, 7) is 14.1. The highest BCUT2D eigenvalue weighted by Gasteiger charge is 2.53. The Hall–Kier alpha value is -4.02. The molecule has 15 atom stereocenters. The van der Waals surface area contributed by atoms with Gasteiger partial charge in [-0.15, -0.1) is 0 Å². The molecular weight excluding hydrogens is 903 g/mol. The number of hydrogen-bond acceptors (Lipinski definition) is 13. The van der Waals surface area contributed by atoms with Gasteiger partial charge in [0.25, 0.3) is 11.7 Å². The number of carbonyl (C=O) groups excluding carboxylic acids is 4. The van der Waals surface area contributed by atoms with Crippen molar-refractivity contribution in [3.63, 3.8) is 0 Å². The summed E-state index contributed by atoms with van der Waals surface area (Å²) in [4.78, 5) is 58.5. The zero-order chi connectivity index (χ0) is 52.0. The minimum atomic E-state index is -2.40. The van der Waals surface area contributed by atoms with Crippen LogP contribution in [0.15, 0.2) is 71.9 Å². The summed E-state index contributed by atoms with van der Waals surface area (Å²) >= 11 is 0. The van der Waals surface area contributed by atoms with Gasteiger partial charge in [-0.2, -0.15) is 0 Å². The number of cyclic esters (lactones) is 1. The Labute approximate surface area is 423 Å². The van der Waals surface area contributed by atoms with Crippen LogP contribution >= 0.6 is 0 Å². The second-order valence-corrected chi connectivity index (χ2v) is 21.6. The molecule has 1 aromatic rings. The Morgan fingerprint density at radius 2 is 1.59 bits per heavy atom. The second-order valence-electron chi connectivity index (χ2n) is 21.6. The van der Waals surface area contributed by atoms with Crippen LogP contribution in [0.5, 0.6) is 0 Å². The average Bonchev–Trinajstić information content (AvgIpc) is 3.35. The van der Waals surface area contributed by atoms with E-state index in [-0.39, 0.29) is 48.5 Å². The van der Waals surface area contributed by atoms with Gasteiger partial charge >= 0.3 is 5.97 Å². The van der Waals surface area contributed by atoms with Gasteiger partial charge in [0.1, 0.15) is 24.4 Å². The molecule has 1 saturated carbocycles. The van der Waals surface area contributed by atoms with Crippen LogP contribution in [0.1, 0.15) is 131 Å². The fourth-order valence-corrected chi connectivity index (χ4v) is 11.1.